The van der Waals surface area contributed by atoms with Gasteiger partial charge in [0, 0.05) is 13.1 Å². The van der Waals surface area contributed by atoms with Crippen molar-refractivity contribution in [3.05, 3.63) is 90.2 Å². The van der Waals surface area contributed by atoms with Gasteiger partial charge in [0.25, 0.3) is 21.8 Å². The number of carbonyl (C=O) groups is 2. The van der Waals surface area contributed by atoms with E-state index in [1.807, 2.05) is 0 Å². The van der Waals surface area contributed by atoms with Crippen molar-refractivity contribution in [1.29, 1.82) is 0 Å². The molecule has 0 bridgehead atoms. The molecule has 204 valence electrons. The number of carbonyl (C=O) groups excluding carboxylic acids is 2. The lowest BCUT2D eigenvalue weighted by atomic mass is 10.2. The molecule has 39 heavy (non-hydrogen) atoms. The van der Waals surface area contributed by atoms with E-state index in [1.54, 1.807) is 35.2 Å². The third-order valence-corrected chi connectivity index (χ3v) is 7.52. The first-order valence-corrected chi connectivity index (χ1v) is 13.5. The molecule has 1 aliphatic rings. The molecule has 1 saturated heterocycles. The summed E-state index contributed by atoms with van der Waals surface area (Å²) in [5.41, 5.74) is 2.63. The first-order chi connectivity index (χ1) is 18.8. The van der Waals surface area contributed by atoms with Gasteiger partial charge in [-0.2, -0.15) is 5.10 Å². The number of sulfonamides is 1. The maximum Gasteiger partial charge on any atom is 0.264 e. The van der Waals surface area contributed by atoms with Gasteiger partial charge in [-0.3, -0.25) is 13.9 Å². The number of hydrogen-bond acceptors (Lipinski definition) is 7. The second-order valence-electron chi connectivity index (χ2n) is 8.42. The van der Waals surface area contributed by atoms with Crippen molar-refractivity contribution in [2.45, 2.75) is 4.90 Å². The van der Waals surface area contributed by atoms with Gasteiger partial charge in [0.1, 0.15) is 18.1 Å². The number of amides is 2. The summed E-state index contributed by atoms with van der Waals surface area (Å²) in [5.74, 6) is -1.19. The van der Waals surface area contributed by atoms with Crippen molar-refractivity contribution in [3.8, 4) is 5.75 Å². The normalized spacial score (nSPS) is 13.7. The molecule has 1 fully saturated rings. The standard InChI is InChI=1S/C27H27FN4O6S/c28-24-8-4-5-9-25(24)32(39(35,36)23-6-2-1-3-7-23)19-26(33)30-29-18-21-10-12-22(13-11-21)38-20-27(34)31-14-16-37-17-15-31/h1-13,18H,14-17,19-20H2,(H,30,33)/b29-18+. The van der Waals surface area contributed by atoms with Crippen molar-refractivity contribution >= 4 is 33.7 Å². The molecule has 0 aromatic heterocycles. The van der Waals surface area contributed by atoms with Gasteiger partial charge in [0.15, 0.2) is 6.61 Å². The molecular formula is C27H27FN4O6S. The van der Waals surface area contributed by atoms with Gasteiger partial charge in [-0.05, 0) is 54.1 Å². The van der Waals surface area contributed by atoms with Gasteiger partial charge in [0.2, 0.25) is 0 Å². The van der Waals surface area contributed by atoms with E-state index in [2.05, 4.69) is 10.5 Å². The highest BCUT2D eigenvalue weighted by Gasteiger charge is 2.29. The molecule has 1 aliphatic heterocycles. The third kappa shape index (κ3) is 7.39. The van der Waals surface area contributed by atoms with Crippen LogP contribution in [0.2, 0.25) is 0 Å². The van der Waals surface area contributed by atoms with Crippen LogP contribution in [0.15, 0.2) is 88.9 Å². The summed E-state index contributed by atoms with van der Waals surface area (Å²) in [6.07, 6.45) is 1.36. The van der Waals surface area contributed by atoms with E-state index in [0.29, 0.717) is 41.9 Å². The molecule has 1 N–H and O–H groups in total. The molecule has 0 spiro atoms. The fraction of sp³-hybridized carbons (Fsp3) is 0.222. The minimum atomic E-state index is -4.24. The number of morpholine rings is 1. The van der Waals surface area contributed by atoms with E-state index in [4.69, 9.17) is 9.47 Å². The largest absolute Gasteiger partial charge is 0.484 e. The molecule has 2 amide bonds. The Morgan fingerprint density at radius 1 is 1.00 bits per heavy atom. The Hall–Kier alpha value is -4.29. The van der Waals surface area contributed by atoms with E-state index in [1.165, 1.54) is 48.7 Å². The molecule has 0 aliphatic carbocycles. The maximum atomic E-state index is 14.5. The highest BCUT2D eigenvalue weighted by atomic mass is 32.2. The predicted molar refractivity (Wildman–Crippen MR) is 142 cm³/mol. The predicted octanol–water partition coefficient (Wildman–Crippen LogP) is 2.41. The van der Waals surface area contributed by atoms with Crippen LogP contribution in [0.4, 0.5) is 10.1 Å². The second kappa shape index (κ2) is 13.0. The van der Waals surface area contributed by atoms with Crippen molar-refractivity contribution in [3.63, 3.8) is 0 Å². The summed E-state index contributed by atoms with van der Waals surface area (Å²) < 4.78 is 52.5. The number of rotatable bonds is 10. The molecule has 3 aromatic rings. The summed E-state index contributed by atoms with van der Waals surface area (Å²) in [6, 6.07) is 19.4. The van der Waals surface area contributed by atoms with Crippen LogP contribution in [0.1, 0.15) is 5.56 Å². The van der Waals surface area contributed by atoms with Gasteiger partial charge in [-0.25, -0.2) is 18.2 Å². The lowest BCUT2D eigenvalue weighted by Crippen LogP contribution is -2.42. The molecule has 3 aromatic carbocycles. The SMILES string of the molecule is O=C(CN(c1ccccc1F)S(=O)(=O)c1ccccc1)N/N=C/c1ccc(OCC(=O)N2CCOCC2)cc1. The molecule has 0 radical (unpaired) electrons. The van der Waals surface area contributed by atoms with E-state index in [-0.39, 0.29) is 23.1 Å². The van der Waals surface area contributed by atoms with Crippen LogP contribution in [0.25, 0.3) is 0 Å². The van der Waals surface area contributed by atoms with Gasteiger partial charge in [0.05, 0.1) is 30.0 Å². The van der Waals surface area contributed by atoms with E-state index >= 15 is 0 Å². The number of para-hydroxylation sites is 1. The molecule has 4 rings (SSSR count). The van der Waals surface area contributed by atoms with Gasteiger partial charge in [-0.15, -0.1) is 0 Å². The smallest absolute Gasteiger partial charge is 0.264 e. The van der Waals surface area contributed by atoms with Crippen LogP contribution in [0.5, 0.6) is 5.75 Å². The van der Waals surface area contributed by atoms with Crippen LogP contribution in [0.3, 0.4) is 0 Å². The van der Waals surface area contributed by atoms with Gasteiger partial charge in [-0.1, -0.05) is 30.3 Å². The topological polar surface area (TPSA) is 118 Å². The van der Waals surface area contributed by atoms with E-state index in [0.717, 1.165) is 6.07 Å². The van der Waals surface area contributed by atoms with Crippen LogP contribution in [-0.2, 0) is 24.3 Å². The van der Waals surface area contributed by atoms with Crippen LogP contribution >= 0.6 is 0 Å². The van der Waals surface area contributed by atoms with E-state index < -0.39 is 28.3 Å². The fourth-order valence-corrected chi connectivity index (χ4v) is 5.17. The zero-order valence-electron chi connectivity index (χ0n) is 20.9. The summed E-state index contributed by atoms with van der Waals surface area (Å²) in [7, 11) is -4.24. The summed E-state index contributed by atoms with van der Waals surface area (Å²) in [6.45, 7) is 1.33. The average molecular weight is 555 g/mol. The average Bonchev–Trinajstić information content (AvgIpc) is 2.96. The lowest BCUT2D eigenvalue weighted by molar-refractivity contribution is -0.137. The number of anilines is 1. The van der Waals surface area contributed by atoms with Crippen molar-refractivity contribution < 1.29 is 31.9 Å². The zero-order chi connectivity index (χ0) is 27.7. The highest BCUT2D eigenvalue weighted by molar-refractivity contribution is 7.92. The lowest BCUT2D eigenvalue weighted by Gasteiger charge is -2.26. The first-order valence-electron chi connectivity index (χ1n) is 12.1. The molecular weight excluding hydrogens is 527 g/mol. The molecule has 1 heterocycles. The van der Waals surface area contributed by atoms with E-state index in [9.17, 15) is 22.4 Å². The number of nitrogens with one attached hydrogen (secondary N) is 1. The van der Waals surface area contributed by atoms with Gasteiger partial charge < -0.3 is 14.4 Å². The van der Waals surface area contributed by atoms with Gasteiger partial charge >= 0.3 is 0 Å². The first kappa shape index (κ1) is 27.7. The van der Waals surface area contributed by atoms with Crippen LogP contribution in [0, 0.1) is 5.82 Å². The quantitative estimate of drug-likeness (QED) is 0.304. The minimum Gasteiger partial charge on any atom is -0.484 e. The number of halogens is 1. The Morgan fingerprint density at radius 2 is 1.67 bits per heavy atom. The molecule has 0 atom stereocenters. The van der Waals surface area contributed by atoms with Crippen molar-refractivity contribution in [1.82, 2.24) is 10.3 Å². The third-order valence-electron chi connectivity index (χ3n) is 5.75. The summed E-state index contributed by atoms with van der Waals surface area (Å²) >= 11 is 0. The Balaban J connectivity index is 1.36. The number of hydrazone groups is 1. The fourth-order valence-electron chi connectivity index (χ4n) is 3.72. The van der Waals surface area contributed by atoms with Crippen LogP contribution < -0.4 is 14.5 Å². The molecule has 10 nitrogen and oxygen atoms in total. The number of ether oxygens (including phenoxy) is 2. The maximum absolute atomic E-state index is 14.5. The van der Waals surface area contributed by atoms with Crippen molar-refractivity contribution in [2.24, 2.45) is 5.10 Å². The summed E-state index contributed by atoms with van der Waals surface area (Å²) in [5, 5.41) is 3.88. The van der Waals surface area contributed by atoms with Crippen LogP contribution in [-0.4, -0.2) is 70.8 Å². The monoisotopic (exact) mass is 554 g/mol. The molecule has 0 unspecified atom stereocenters. The van der Waals surface area contributed by atoms with Crippen molar-refractivity contribution in [2.75, 3.05) is 43.8 Å². The zero-order valence-corrected chi connectivity index (χ0v) is 21.7. The number of nitrogens with zero attached hydrogens (tertiary/aromatic N) is 3. The Morgan fingerprint density at radius 3 is 2.36 bits per heavy atom. The Labute approximate surface area is 225 Å². The highest BCUT2D eigenvalue weighted by Crippen LogP contribution is 2.26. The Kier molecular flexibility index (Phi) is 9.23. The number of benzene rings is 3. The molecule has 0 saturated carbocycles. The Bertz CT molecular complexity index is 1410. The second-order valence-corrected chi connectivity index (χ2v) is 10.3. The molecule has 12 heteroatoms. The minimum absolute atomic E-state index is 0.0847. The number of hydrogen-bond donors (Lipinski definition) is 1. The summed E-state index contributed by atoms with van der Waals surface area (Å²) in [4.78, 5) is 26.4.